The lowest BCUT2D eigenvalue weighted by Crippen LogP contribution is -2.40. The summed E-state index contributed by atoms with van der Waals surface area (Å²) in [5, 5.41) is 11.4. The van der Waals surface area contributed by atoms with Gasteiger partial charge in [0.1, 0.15) is 11.9 Å². The highest BCUT2D eigenvalue weighted by Gasteiger charge is 2.37. The van der Waals surface area contributed by atoms with Crippen molar-refractivity contribution >= 4 is 8.32 Å². The first-order chi connectivity index (χ1) is 14.6. The van der Waals surface area contributed by atoms with E-state index in [1.165, 1.54) is 24.0 Å². The van der Waals surface area contributed by atoms with Gasteiger partial charge in [-0.1, -0.05) is 45.0 Å². The van der Waals surface area contributed by atoms with E-state index in [9.17, 15) is 5.11 Å². The number of aryl methyl sites for hydroxylation is 2. The molecular formula is C26H38O4Si. The summed E-state index contributed by atoms with van der Waals surface area (Å²) in [5.74, 6) is 0.709. The van der Waals surface area contributed by atoms with Crippen LogP contribution in [0.1, 0.15) is 67.5 Å². The molecule has 1 unspecified atom stereocenters. The van der Waals surface area contributed by atoms with E-state index in [1.54, 1.807) is 7.11 Å². The molecule has 0 saturated heterocycles. The maximum absolute atomic E-state index is 11.2. The van der Waals surface area contributed by atoms with Crippen molar-refractivity contribution in [3.63, 3.8) is 0 Å². The molecule has 2 aromatic carbocycles. The van der Waals surface area contributed by atoms with Gasteiger partial charge in [0.25, 0.3) is 0 Å². The summed E-state index contributed by atoms with van der Waals surface area (Å²) >= 11 is 0. The van der Waals surface area contributed by atoms with Gasteiger partial charge in [0.15, 0.2) is 15.1 Å². The van der Waals surface area contributed by atoms with Crippen LogP contribution in [0.25, 0.3) is 0 Å². The molecular weight excluding hydrogens is 404 g/mol. The van der Waals surface area contributed by atoms with E-state index in [0.717, 1.165) is 29.5 Å². The molecule has 0 saturated carbocycles. The van der Waals surface area contributed by atoms with E-state index in [2.05, 4.69) is 58.1 Å². The Morgan fingerprint density at radius 3 is 2.19 bits per heavy atom. The molecule has 4 nitrogen and oxygen atoms in total. The maximum atomic E-state index is 11.2. The second-order valence-electron chi connectivity index (χ2n) is 10.1. The first-order valence-electron chi connectivity index (χ1n) is 11.3. The van der Waals surface area contributed by atoms with Crippen LogP contribution in [0.15, 0.2) is 36.4 Å². The van der Waals surface area contributed by atoms with Crippen LogP contribution in [-0.2, 0) is 28.6 Å². The molecule has 0 heterocycles. The largest absolute Gasteiger partial charge is 0.467 e. The van der Waals surface area contributed by atoms with Crippen molar-refractivity contribution in [3.05, 3.63) is 64.2 Å². The van der Waals surface area contributed by atoms with Crippen molar-refractivity contribution in [2.45, 2.75) is 77.3 Å². The minimum atomic E-state index is -1.79. The van der Waals surface area contributed by atoms with Gasteiger partial charge < -0.3 is 19.0 Å². The predicted octanol–water partition coefficient (Wildman–Crippen LogP) is 6.15. The van der Waals surface area contributed by atoms with E-state index in [1.807, 2.05) is 12.1 Å². The summed E-state index contributed by atoms with van der Waals surface area (Å²) in [6, 6.07) is 12.3. The summed E-state index contributed by atoms with van der Waals surface area (Å²) in [4.78, 5) is 0. The number of aliphatic hydroxyl groups is 1. The average Bonchev–Trinajstić information content (AvgIpc) is 2.74. The van der Waals surface area contributed by atoms with Crippen LogP contribution < -0.4 is 4.74 Å². The third kappa shape index (κ3) is 5.78. The topological polar surface area (TPSA) is 47.9 Å². The Balaban J connectivity index is 1.78. The molecule has 0 amide bonds. The second kappa shape index (κ2) is 9.86. The fraction of sp³-hybridized carbons (Fsp3) is 0.538. The molecule has 31 heavy (non-hydrogen) atoms. The Hall–Kier alpha value is -1.66. The van der Waals surface area contributed by atoms with Gasteiger partial charge in [0, 0.05) is 12.7 Å². The summed E-state index contributed by atoms with van der Waals surface area (Å²) < 4.78 is 17.3. The molecule has 1 aliphatic carbocycles. The Morgan fingerprint density at radius 2 is 1.61 bits per heavy atom. The van der Waals surface area contributed by atoms with Gasteiger partial charge in [-0.05, 0) is 78.2 Å². The van der Waals surface area contributed by atoms with Gasteiger partial charge in [0.2, 0.25) is 0 Å². The predicted molar refractivity (Wildman–Crippen MR) is 128 cm³/mol. The van der Waals surface area contributed by atoms with Crippen LogP contribution >= 0.6 is 0 Å². The lowest BCUT2D eigenvalue weighted by Gasteiger charge is -2.36. The van der Waals surface area contributed by atoms with Crippen LogP contribution in [-0.4, -0.2) is 27.3 Å². The first-order valence-corrected chi connectivity index (χ1v) is 14.2. The smallest absolute Gasteiger partial charge is 0.192 e. The van der Waals surface area contributed by atoms with Gasteiger partial charge in [0.05, 0.1) is 6.61 Å². The molecule has 0 aliphatic heterocycles. The van der Waals surface area contributed by atoms with Crippen molar-refractivity contribution < 1.29 is 19.0 Å². The minimum Gasteiger partial charge on any atom is -0.467 e. The number of rotatable bonds is 8. The molecule has 0 radical (unpaired) electrons. The maximum Gasteiger partial charge on any atom is 0.192 e. The van der Waals surface area contributed by atoms with Crippen molar-refractivity contribution in [1.82, 2.24) is 0 Å². The van der Waals surface area contributed by atoms with Crippen LogP contribution in [0.3, 0.4) is 0 Å². The Kier molecular flexibility index (Phi) is 7.63. The number of ether oxygens (including phenoxy) is 2. The fourth-order valence-electron chi connectivity index (χ4n) is 3.70. The van der Waals surface area contributed by atoms with Crippen LogP contribution in [0.2, 0.25) is 18.1 Å². The molecule has 2 aromatic rings. The lowest BCUT2D eigenvalue weighted by molar-refractivity contribution is 0.0487. The fourth-order valence-corrected chi connectivity index (χ4v) is 4.66. The number of benzene rings is 2. The second-order valence-corrected chi connectivity index (χ2v) is 14.9. The molecule has 1 N–H and O–H groups in total. The quantitative estimate of drug-likeness (QED) is 0.393. The zero-order valence-electron chi connectivity index (χ0n) is 20.0. The van der Waals surface area contributed by atoms with E-state index in [4.69, 9.17) is 13.9 Å². The standard InChI is InChI=1S/C26H38O4Si/c1-26(2,3)31(5,6)30-17-19-11-13-20(14-12-19)25(27)23-15-21-9-7-8-10-22(21)16-24(23)29-18-28-4/h11-16,25,27H,7-10,17-18H2,1-6H3. The Morgan fingerprint density at radius 1 is 1.00 bits per heavy atom. The van der Waals surface area contributed by atoms with E-state index in [0.29, 0.717) is 12.4 Å². The molecule has 1 aliphatic rings. The van der Waals surface area contributed by atoms with Gasteiger partial charge >= 0.3 is 0 Å². The zero-order valence-corrected chi connectivity index (χ0v) is 21.0. The SMILES string of the molecule is COCOc1cc2c(cc1C(O)c1ccc(CO[Si](C)(C)C(C)(C)C)cc1)CCCC2. The number of methoxy groups -OCH3 is 1. The van der Waals surface area contributed by atoms with Gasteiger partial charge in [-0.25, -0.2) is 0 Å². The summed E-state index contributed by atoms with van der Waals surface area (Å²) in [6.45, 7) is 12.1. The summed E-state index contributed by atoms with van der Waals surface area (Å²) in [5.41, 5.74) is 5.44. The molecule has 0 fully saturated rings. The average molecular weight is 443 g/mol. The summed E-state index contributed by atoms with van der Waals surface area (Å²) in [7, 11) is -0.178. The van der Waals surface area contributed by atoms with Gasteiger partial charge in [-0.3, -0.25) is 0 Å². The molecule has 0 spiro atoms. The summed E-state index contributed by atoms with van der Waals surface area (Å²) in [6.07, 6.45) is 3.79. The molecule has 1 atom stereocenters. The lowest BCUT2D eigenvalue weighted by atomic mass is 9.88. The number of aliphatic hydroxyl groups excluding tert-OH is 1. The normalized spacial score (nSPS) is 15.5. The van der Waals surface area contributed by atoms with E-state index >= 15 is 0 Å². The van der Waals surface area contributed by atoms with Crippen LogP contribution in [0, 0.1) is 0 Å². The molecule has 0 aromatic heterocycles. The van der Waals surface area contributed by atoms with E-state index < -0.39 is 14.4 Å². The number of hydrogen-bond acceptors (Lipinski definition) is 4. The monoisotopic (exact) mass is 442 g/mol. The molecule has 170 valence electrons. The Labute approximate surface area is 188 Å². The zero-order chi connectivity index (χ0) is 22.6. The first kappa shape index (κ1) is 24.0. The minimum absolute atomic E-state index is 0.169. The third-order valence-corrected chi connectivity index (χ3v) is 11.3. The van der Waals surface area contributed by atoms with Crippen molar-refractivity contribution in [2.75, 3.05) is 13.9 Å². The highest BCUT2D eigenvalue weighted by atomic mass is 28.4. The van der Waals surface area contributed by atoms with Crippen molar-refractivity contribution in [2.24, 2.45) is 0 Å². The highest BCUT2D eigenvalue weighted by molar-refractivity contribution is 6.74. The number of fused-ring (bicyclic) bond motifs is 1. The van der Waals surface area contributed by atoms with Gasteiger partial charge in [-0.2, -0.15) is 0 Å². The highest BCUT2D eigenvalue weighted by Crippen LogP contribution is 2.38. The van der Waals surface area contributed by atoms with Crippen LogP contribution in [0.5, 0.6) is 5.75 Å². The molecule has 3 rings (SSSR count). The Bertz CT molecular complexity index is 868. The third-order valence-electron chi connectivity index (χ3n) is 6.80. The van der Waals surface area contributed by atoms with Crippen LogP contribution in [0.4, 0.5) is 0 Å². The van der Waals surface area contributed by atoms with Crippen molar-refractivity contribution in [1.29, 1.82) is 0 Å². The van der Waals surface area contributed by atoms with Gasteiger partial charge in [-0.15, -0.1) is 0 Å². The number of hydrogen-bond donors (Lipinski definition) is 1. The molecule has 0 bridgehead atoms. The van der Waals surface area contributed by atoms with Crippen molar-refractivity contribution in [3.8, 4) is 5.75 Å². The molecule has 5 heteroatoms. The van der Waals surface area contributed by atoms with E-state index in [-0.39, 0.29) is 11.8 Å².